The number of hydrogen-bond donors (Lipinski definition) is 1. The molecule has 2 heterocycles. The van der Waals surface area contributed by atoms with Crippen LogP contribution >= 0.6 is 0 Å². The molecule has 0 radical (unpaired) electrons. The van der Waals surface area contributed by atoms with Gasteiger partial charge in [0.1, 0.15) is 18.1 Å². The Morgan fingerprint density at radius 2 is 1.86 bits per heavy atom. The van der Waals surface area contributed by atoms with E-state index in [0.29, 0.717) is 26.3 Å². The van der Waals surface area contributed by atoms with Crippen molar-refractivity contribution >= 4 is 11.7 Å². The van der Waals surface area contributed by atoms with Crippen LogP contribution in [0, 0.1) is 0 Å². The highest BCUT2D eigenvalue weighted by atomic mass is 16.5. The number of urea groups is 1. The number of anilines is 1. The average molecular weight is 381 g/mol. The summed E-state index contributed by atoms with van der Waals surface area (Å²) in [4.78, 5) is 16.9. The maximum absolute atomic E-state index is 12.7. The second-order valence-corrected chi connectivity index (χ2v) is 7.14. The Balaban J connectivity index is 1.31. The molecule has 28 heavy (non-hydrogen) atoms. The van der Waals surface area contributed by atoms with E-state index in [4.69, 9.17) is 9.47 Å². The third-order valence-electron chi connectivity index (χ3n) is 5.28. The minimum Gasteiger partial charge on any atom is -0.492 e. The summed E-state index contributed by atoms with van der Waals surface area (Å²) < 4.78 is 11.5. The zero-order chi connectivity index (χ0) is 19.3. The van der Waals surface area contributed by atoms with E-state index < -0.39 is 0 Å². The fourth-order valence-corrected chi connectivity index (χ4v) is 3.83. The molecule has 0 aliphatic carbocycles. The average Bonchev–Trinajstić information content (AvgIpc) is 2.74. The zero-order valence-electron chi connectivity index (χ0n) is 16.3. The maximum atomic E-state index is 12.7. The normalized spacial score (nSPS) is 18.8. The molecular weight excluding hydrogens is 354 g/mol. The molecule has 1 atom stereocenters. The number of nitrogens with one attached hydrogen (secondary N) is 1. The van der Waals surface area contributed by atoms with E-state index in [0.717, 1.165) is 42.3 Å². The van der Waals surface area contributed by atoms with Crippen molar-refractivity contribution in [2.75, 3.05) is 44.3 Å². The van der Waals surface area contributed by atoms with Crippen molar-refractivity contribution in [2.24, 2.45) is 0 Å². The zero-order valence-corrected chi connectivity index (χ0v) is 16.3. The quantitative estimate of drug-likeness (QED) is 0.885. The van der Waals surface area contributed by atoms with Crippen LogP contribution in [-0.2, 0) is 6.42 Å². The topological polar surface area (TPSA) is 54.0 Å². The summed E-state index contributed by atoms with van der Waals surface area (Å²) in [5, 5.41) is 3.13. The first-order valence-electron chi connectivity index (χ1n) is 9.97. The Hall–Kier alpha value is -2.89. The third kappa shape index (κ3) is 4.01. The largest absolute Gasteiger partial charge is 0.492 e. The first kappa shape index (κ1) is 18.5. The van der Waals surface area contributed by atoms with E-state index in [1.807, 2.05) is 48.2 Å². The van der Waals surface area contributed by atoms with Gasteiger partial charge in [0.15, 0.2) is 0 Å². The summed E-state index contributed by atoms with van der Waals surface area (Å²) >= 11 is 0. The molecule has 2 aliphatic heterocycles. The Labute approximate surface area is 166 Å². The van der Waals surface area contributed by atoms with Gasteiger partial charge in [-0.3, -0.25) is 0 Å². The summed E-state index contributed by atoms with van der Waals surface area (Å²) in [6.07, 6.45) is 0.809. The summed E-state index contributed by atoms with van der Waals surface area (Å²) in [5.41, 5.74) is 2.25. The Bertz CT molecular complexity index is 818. The predicted octanol–water partition coefficient (Wildman–Crippen LogP) is 2.92. The predicted molar refractivity (Wildman–Crippen MR) is 109 cm³/mol. The molecule has 2 aromatic carbocycles. The van der Waals surface area contributed by atoms with Crippen molar-refractivity contribution in [3.63, 3.8) is 0 Å². The van der Waals surface area contributed by atoms with Crippen LogP contribution in [0.15, 0.2) is 48.5 Å². The smallest absolute Gasteiger partial charge is 0.317 e. The van der Waals surface area contributed by atoms with E-state index in [2.05, 4.69) is 22.3 Å². The highest BCUT2D eigenvalue weighted by molar-refractivity contribution is 5.75. The lowest BCUT2D eigenvalue weighted by Crippen LogP contribution is -2.55. The Kier molecular flexibility index (Phi) is 5.55. The van der Waals surface area contributed by atoms with Crippen molar-refractivity contribution in [1.29, 1.82) is 0 Å². The second kappa shape index (κ2) is 8.42. The summed E-state index contributed by atoms with van der Waals surface area (Å²) in [7, 11) is 0. The first-order chi connectivity index (χ1) is 13.7. The molecule has 6 heteroatoms. The molecule has 2 amide bonds. The van der Waals surface area contributed by atoms with Crippen LogP contribution in [0.4, 0.5) is 10.5 Å². The van der Waals surface area contributed by atoms with Crippen molar-refractivity contribution < 1.29 is 14.3 Å². The van der Waals surface area contributed by atoms with Gasteiger partial charge in [-0.1, -0.05) is 30.3 Å². The Morgan fingerprint density at radius 3 is 2.68 bits per heavy atom. The van der Waals surface area contributed by atoms with Crippen LogP contribution in [0.25, 0.3) is 0 Å². The summed E-state index contributed by atoms with van der Waals surface area (Å²) in [5.74, 6) is 1.83. The molecule has 148 valence electrons. The molecule has 2 aliphatic rings. The maximum Gasteiger partial charge on any atom is 0.317 e. The van der Waals surface area contributed by atoms with Gasteiger partial charge in [-0.2, -0.15) is 0 Å². The summed E-state index contributed by atoms with van der Waals surface area (Å²) in [6.45, 7) is 6.12. The molecule has 4 rings (SSSR count). The number of piperazine rings is 1. The van der Waals surface area contributed by atoms with Crippen molar-refractivity contribution in [3.05, 3.63) is 54.1 Å². The van der Waals surface area contributed by atoms with Gasteiger partial charge in [-0.15, -0.1) is 0 Å². The lowest BCUT2D eigenvalue weighted by molar-refractivity contribution is 0.178. The van der Waals surface area contributed by atoms with Gasteiger partial charge in [-0.05, 0) is 37.1 Å². The van der Waals surface area contributed by atoms with Gasteiger partial charge in [-0.25, -0.2) is 4.79 Å². The van der Waals surface area contributed by atoms with E-state index in [-0.39, 0.29) is 12.1 Å². The van der Waals surface area contributed by atoms with Gasteiger partial charge < -0.3 is 24.6 Å². The number of carbonyl (C=O) groups is 1. The number of amides is 2. The Morgan fingerprint density at radius 1 is 1.11 bits per heavy atom. The number of rotatable bonds is 4. The highest BCUT2D eigenvalue weighted by Crippen LogP contribution is 2.29. The second-order valence-electron chi connectivity index (χ2n) is 7.14. The lowest BCUT2D eigenvalue weighted by Gasteiger charge is -2.37. The van der Waals surface area contributed by atoms with Gasteiger partial charge in [0.25, 0.3) is 0 Å². The fourth-order valence-electron chi connectivity index (χ4n) is 3.83. The number of ether oxygens (including phenoxy) is 2. The van der Waals surface area contributed by atoms with Crippen molar-refractivity contribution in [3.8, 4) is 11.5 Å². The highest BCUT2D eigenvalue weighted by Gasteiger charge is 2.26. The van der Waals surface area contributed by atoms with Crippen LogP contribution in [0.2, 0.25) is 0 Å². The number of nitrogens with zero attached hydrogens (tertiary/aromatic N) is 2. The third-order valence-corrected chi connectivity index (χ3v) is 5.28. The van der Waals surface area contributed by atoms with Gasteiger partial charge in [0, 0.05) is 26.2 Å². The molecular formula is C22H27N3O3. The number of benzene rings is 2. The van der Waals surface area contributed by atoms with Crippen molar-refractivity contribution in [1.82, 2.24) is 10.2 Å². The number of carbonyl (C=O) groups excluding carboxylic acids is 1. The number of para-hydroxylation sites is 3. The van der Waals surface area contributed by atoms with Gasteiger partial charge >= 0.3 is 6.03 Å². The fraction of sp³-hybridized carbons (Fsp3) is 0.409. The number of hydrogen-bond acceptors (Lipinski definition) is 4. The van der Waals surface area contributed by atoms with Gasteiger partial charge in [0.2, 0.25) is 0 Å². The minimum atomic E-state index is -0.00859. The first-order valence-corrected chi connectivity index (χ1v) is 9.97. The lowest BCUT2D eigenvalue weighted by atomic mass is 10.0. The van der Waals surface area contributed by atoms with Crippen LogP contribution in [0.5, 0.6) is 11.5 Å². The molecule has 0 bridgehead atoms. The molecule has 1 N–H and O–H groups in total. The van der Waals surface area contributed by atoms with Crippen LogP contribution in [0.3, 0.4) is 0 Å². The van der Waals surface area contributed by atoms with Crippen LogP contribution < -0.4 is 19.7 Å². The van der Waals surface area contributed by atoms with E-state index >= 15 is 0 Å². The summed E-state index contributed by atoms with van der Waals surface area (Å²) in [6, 6.07) is 16.1. The molecule has 6 nitrogen and oxygen atoms in total. The van der Waals surface area contributed by atoms with E-state index in [9.17, 15) is 4.79 Å². The molecule has 0 spiro atoms. The molecule has 0 unspecified atom stereocenters. The number of fused-ring (bicyclic) bond motifs is 1. The monoisotopic (exact) mass is 381 g/mol. The minimum absolute atomic E-state index is 0.00859. The van der Waals surface area contributed by atoms with E-state index in [1.165, 1.54) is 0 Å². The molecule has 1 fully saturated rings. The SMILES string of the molecule is CCOc1ccccc1N1CCN(C(=O)N[C@H]2COc3ccccc3C2)CC1. The van der Waals surface area contributed by atoms with Crippen LogP contribution in [0.1, 0.15) is 12.5 Å². The van der Waals surface area contributed by atoms with Crippen molar-refractivity contribution in [2.45, 2.75) is 19.4 Å². The van der Waals surface area contributed by atoms with E-state index in [1.54, 1.807) is 0 Å². The van der Waals surface area contributed by atoms with Gasteiger partial charge in [0.05, 0.1) is 18.3 Å². The molecule has 2 aromatic rings. The molecule has 0 saturated carbocycles. The molecule has 0 aromatic heterocycles. The molecule has 1 saturated heterocycles. The standard InChI is InChI=1S/C22H27N3O3/c1-2-27-21-10-6-4-8-19(21)24-11-13-25(14-12-24)22(26)23-18-15-17-7-3-5-9-20(17)28-16-18/h3-10,18H,2,11-16H2,1H3,(H,23,26)/t18-/m1/s1. The van der Waals surface area contributed by atoms with Crippen LogP contribution in [-0.4, -0.2) is 56.4 Å².